The van der Waals surface area contributed by atoms with Gasteiger partial charge in [0.2, 0.25) is 0 Å². The normalized spacial score (nSPS) is 11.6. The molecule has 2 aromatic carbocycles. The van der Waals surface area contributed by atoms with E-state index in [-0.39, 0.29) is 17.8 Å². The number of para-hydroxylation sites is 1. The summed E-state index contributed by atoms with van der Waals surface area (Å²) in [4.78, 5) is 41.5. The molecule has 0 radical (unpaired) electrons. The number of ether oxygens (including phenoxy) is 1. The Morgan fingerprint density at radius 2 is 1.88 bits per heavy atom. The van der Waals surface area contributed by atoms with Crippen molar-refractivity contribution in [1.82, 2.24) is 10.3 Å². The molecule has 1 atom stereocenters. The molecule has 7 nitrogen and oxygen atoms in total. The Morgan fingerprint density at radius 1 is 1.09 bits per heavy atom. The van der Waals surface area contributed by atoms with E-state index in [0.29, 0.717) is 11.3 Å². The lowest BCUT2D eigenvalue weighted by Gasteiger charge is -2.17. The average Bonchev–Trinajstić information content (AvgIpc) is 2.82. The molecule has 0 aliphatic carbocycles. The molecule has 0 spiro atoms. The van der Waals surface area contributed by atoms with Crippen LogP contribution in [0.3, 0.4) is 0 Å². The summed E-state index contributed by atoms with van der Waals surface area (Å²) in [6.45, 7) is -0.728. The maximum Gasteiger partial charge on any atom is 0.329 e. The highest BCUT2D eigenvalue weighted by Gasteiger charge is 2.24. The van der Waals surface area contributed by atoms with Crippen molar-refractivity contribution < 1.29 is 27.9 Å². The van der Waals surface area contributed by atoms with Crippen LogP contribution in [0.4, 0.5) is 14.5 Å². The van der Waals surface area contributed by atoms with Crippen molar-refractivity contribution in [2.45, 2.75) is 12.5 Å². The molecule has 1 heterocycles. The van der Waals surface area contributed by atoms with Crippen LogP contribution in [0, 0.1) is 11.6 Å². The number of nitrogens with zero attached hydrogens (tertiary/aromatic N) is 1. The van der Waals surface area contributed by atoms with Gasteiger partial charge in [0, 0.05) is 11.5 Å². The van der Waals surface area contributed by atoms with Crippen molar-refractivity contribution in [1.29, 1.82) is 0 Å². The molecule has 0 bridgehead atoms. The number of aromatic nitrogens is 1. The van der Waals surface area contributed by atoms with Crippen LogP contribution < -0.4 is 10.6 Å². The van der Waals surface area contributed by atoms with Gasteiger partial charge >= 0.3 is 5.97 Å². The molecule has 3 aromatic rings. The van der Waals surface area contributed by atoms with Crippen LogP contribution in [0.2, 0.25) is 0 Å². The van der Waals surface area contributed by atoms with E-state index >= 15 is 0 Å². The summed E-state index contributed by atoms with van der Waals surface area (Å²) < 4.78 is 31.9. The van der Waals surface area contributed by atoms with E-state index in [1.165, 1.54) is 11.8 Å². The number of fused-ring (bicyclic) bond motifs is 1. The number of anilines is 1. The number of halogens is 2. The molecule has 2 amide bonds. The first-order chi connectivity index (χ1) is 15.9. The zero-order chi connectivity index (χ0) is 23.8. The van der Waals surface area contributed by atoms with Crippen molar-refractivity contribution in [3.63, 3.8) is 0 Å². The molecule has 10 heteroatoms. The second-order valence-electron chi connectivity index (χ2n) is 6.98. The minimum atomic E-state index is -1.02. The highest BCUT2D eigenvalue weighted by molar-refractivity contribution is 7.98. The fourth-order valence-corrected chi connectivity index (χ4v) is 3.40. The van der Waals surface area contributed by atoms with Crippen LogP contribution in [-0.2, 0) is 14.3 Å². The standard InChI is InChI=1S/C23H21F2N3O4S/c1-33-11-10-19(28-22(30)18-9-6-14-4-2-3-5-17(14)26-18)23(31)32-13-21(29)27-20-12-15(24)7-8-16(20)25/h2-9,12,19H,10-11,13H2,1H3,(H,27,29)(H,28,30). The highest BCUT2D eigenvalue weighted by Crippen LogP contribution is 2.15. The smallest absolute Gasteiger partial charge is 0.329 e. The predicted molar refractivity (Wildman–Crippen MR) is 122 cm³/mol. The lowest BCUT2D eigenvalue weighted by atomic mass is 10.2. The molecule has 0 saturated heterocycles. The molecule has 0 fully saturated rings. The molecular weight excluding hydrogens is 452 g/mol. The predicted octanol–water partition coefficient (Wildman–Crippen LogP) is 3.55. The van der Waals surface area contributed by atoms with Crippen LogP contribution in [0.15, 0.2) is 54.6 Å². The zero-order valence-electron chi connectivity index (χ0n) is 17.6. The summed E-state index contributed by atoms with van der Waals surface area (Å²) >= 11 is 1.47. The molecule has 0 aliphatic heterocycles. The molecule has 33 heavy (non-hydrogen) atoms. The molecule has 1 aromatic heterocycles. The van der Waals surface area contributed by atoms with Gasteiger partial charge in [-0.3, -0.25) is 9.59 Å². The Morgan fingerprint density at radius 3 is 2.67 bits per heavy atom. The molecule has 172 valence electrons. The van der Waals surface area contributed by atoms with Gasteiger partial charge in [-0.2, -0.15) is 11.8 Å². The van der Waals surface area contributed by atoms with E-state index < -0.39 is 42.1 Å². The molecule has 1 unspecified atom stereocenters. The van der Waals surface area contributed by atoms with E-state index in [4.69, 9.17) is 4.74 Å². The summed E-state index contributed by atoms with van der Waals surface area (Å²) in [7, 11) is 0. The quantitative estimate of drug-likeness (QED) is 0.462. The lowest BCUT2D eigenvalue weighted by molar-refractivity contribution is -0.149. The summed E-state index contributed by atoms with van der Waals surface area (Å²) in [6, 6.07) is 12.2. The van der Waals surface area contributed by atoms with Crippen LogP contribution in [0.5, 0.6) is 0 Å². The number of esters is 1. The zero-order valence-corrected chi connectivity index (χ0v) is 18.5. The van der Waals surface area contributed by atoms with Gasteiger partial charge in [-0.15, -0.1) is 0 Å². The Labute approximate surface area is 192 Å². The van der Waals surface area contributed by atoms with Crippen LogP contribution in [0.1, 0.15) is 16.9 Å². The number of carbonyl (C=O) groups excluding carboxylic acids is 3. The Balaban J connectivity index is 1.62. The first-order valence-corrected chi connectivity index (χ1v) is 11.3. The topological polar surface area (TPSA) is 97.4 Å². The number of rotatable bonds is 9. The van der Waals surface area contributed by atoms with E-state index in [2.05, 4.69) is 15.6 Å². The van der Waals surface area contributed by atoms with Gasteiger partial charge in [0.15, 0.2) is 6.61 Å². The van der Waals surface area contributed by atoms with Crippen LogP contribution in [0.25, 0.3) is 10.9 Å². The first-order valence-electron chi connectivity index (χ1n) is 9.94. The number of hydrogen-bond acceptors (Lipinski definition) is 6. The number of pyridine rings is 1. The minimum absolute atomic E-state index is 0.134. The molecule has 0 saturated carbocycles. The van der Waals surface area contributed by atoms with Gasteiger partial charge in [0.1, 0.15) is 23.4 Å². The number of amides is 2. The third-order valence-corrected chi connectivity index (χ3v) is 5.22. The number of nitrogens with one attached hydrogen (secondary N) is 2. The second-order valence-corrected chi connectivity index (χ2v) is 7.96. The molecule has 2 N–H and O–H groups in total. The maximum atomic E-state index is 13.7. The molecule has 3 rings (SSSR count). The Kier molecular flexibility index (Phi) is 8.31. The largest absolute Gasteiger partial charge is 0.454 e. The van der Waals surface area contributed by atoms with Crippen molar-refractivity contribution in [2.75, 3.05) is 23.9 Å². The van der Waals surface area contributed by atoms with Gasteiger partial charge in [0.25, 0.3) is 11.8 Å². The van der Waals surface area contributed by atoms with Gasteiger partial charge in [-0.1, -0.05) is 24.3 Å². The molecular formula is C23H21F2N3O4S. The lowest BCUT2D eigenvalue weighted by Crippen LogP contribution is -2.43. The average molecular weight is 474 g/mol. The Hall–Kier alpha value is -3.53. The van der Waals surface area contributed by atoms with Crippen molar-refractivity contribution in [3.8, 4) is 0 Å². The number of hydrogen-bond donors (Lipinski definition) is 2. The summed E-state index contributed by atoms with van der Waals surface area (Å²) in [5.74, 6) is -3.25. The van der Waals surface area contributed by atoms with Crippen LogP contribution in [-0.4, -0.2) is 47.4 Å². The van der Waals surface area contributed by atoms with Crippen molar-refractivity contribution >= 4 is 46.1 Å². The summed E-state index contributed by atoms with van der Waals surface area (Å²) in [5.41, 5.74) is 0.398. The first kappa shape index (κ1) is 24.1. The van der Waals surface area contributed by atoms with Gasteiger partial charge in [-0.05, 0) is 42.7 Å². The van der Waals surface area contributed by atoms with E-state index in [0.717, 1.165) is 23.6 Å². The number of carbonyl (C=O) groups is 3. The van der Waals surface area contributed by atoms with Gasteiger partial charge in [-0.25, -0.2) is 18.6 Å². The summed E-state index contributed by atoms with van der Waals surface area (Å²) in [6.07, 6.45) is 2.11. The van der Waals surface area contributed by atoms with E-state index in [1.54, 1.807) is 24.3 Å². The monoisotopic (exact) mass is 473 g/mol. The van der Waals surface area contributed by atoms with Crippen LogP contribution >= 0.6 is 11.8 Å². The fourth-order valence-electron chi connectivity index (χ4n) is 2.93. The second kappa shape index (κ2) is 11.4. The Bertz CT molecular complexity index is 1180. The van der Waals surface area contributed by atoms with Crippen molar-refractivity contribution in [2.24, 2.45) is 0 Å². The van der Waals surface area contributed by atoms with E-state index in [1.807, 2.05) is 18.4 Å². The summed E-state index contributed by atoms with van der Waals surface area (Å²) in [5, 5.41) is 5.60. The van der Waals surface area contributed by atoms with E-state index in [9.17, 15) is 23.2 Å². The number of thioether (sulfide) groups is 1. The third-order valence-electron chi connectivity index (χ3n) is 4.58. The van der Waals surface area contributed by atoms with Gasteiger partial charge in [0.05, 0.1) is 11.2 Å². The van der Waals surface area contributed by atoms with Crippen molar-refractivity contribution in [3.05, 3.63) is 71.9 Å². The maximum absolute atomic E-state index is 13.7. The fraction of sp³-hybridized carbons (Fsp3) is 0.217. The van der Waals surface area contributed by atoms with Gasteiger partial charge < -0.3 is 15.4 Å². The third kappa shape index (κ3) is 6.72. The SMILES string of the molecule is CSCCC(NC(=O)c1ccc2ccccc2n1)C(=O)OCC(=O)Nc1cc(F)ccc1F. The minimum Gasteiger partial charge on any atom is -0.454 e. The number of benzene rings is 2. The highest BCUT2D eigenvalue weighted by atomic mass is 32.2. The molecule has 0 aliphatic rings.